The van der Waals surface area contributed by atoms with Crippen LogP contribution in [-0.2, 0) is 22.7 Å². The van der Waals surface area contributed by atoms with E-state index in [2.05, 4.69) is 10.6 Å². The average molecular weight is 340 g/mol. The minimum absolute atomic E-state index is 0.178. The number of hydrogen-bond donors (Lipinski definition) is 2. The molecule has 0 saturated carbocycles. The maximum atomic E-state index is 12.3. The molecule has 0 spiro atoms. The molecular weight excluding hydrogens is 316 g/mol. The number of alkyl carbamates (subject to hydrolysis) is 1. The van der Waals surface area contributed by atoms with Crippen LogP contribution in [0.2, 0.25) is 0 Å². The van der Waals surface area contributed by atoms with Gasteiger partial charge in [0.15, 0.2) is 0 Å². The summed E-state index contributed by atoms with van der Waals surface area (Å²) in [5.74, 6) is -0.206. The quantitative estimate of drug-likeness (QED) is 0.774. The molecule has 2 aromatic rings. The summed E-state index contributed by atoms with van der Waals surface area (Å²) in [6.07, 6.45) is 0.751. The average Bonchev–Trinajstić information content (AvgIpc) is 2.66. The van der Waals surface area contributed by atoms with Gasteiger partial charge in [-0.1, -0.05) is 74.0 Å². The highest BCUT2D eigenvalue weighted by Gasteiger charge is 2.20. The van der Waals surface area contributed by atoms with E-state index in [0.29, 0.717) is 13.0 Å². The highest BCUT2D eigenvalue weighted by Crippen LogP contribution is 2.03. The summed E-state index contributed by atoms with van der Waals surface area (Å²) in [6.45, 7) is 2.58. The largest absolute Gasteiger partial charge is 0.445 e. The minimum Gasteiger partial charge on any atom is -0.445 e. The van der Waals surface area contributed by atoms with Gasteiger partial charge in [-0.05, 0) is 17.5 Å². The van der Waals surface area contributed by atoms with Gasteiger partial charge in [-0.15, -0.1) is 0 Å². The summed E-state index contributed by atoms with van der Waals surface area (Å²) in [5.41, 5.74) is 1.91. The topological polar surface area (TPSA) is 67.4 Å². The molecule has 2 aromatic carbocycles. The van der Waals surface area contributed by atoms with Crippen molar-refractivity contribution in [1.82, 2.24) is 10.6 Å². The first-order chi connectivity index (χ1) is 12.2. The highest BCUT2D eigenvalue weighted by molar-refractivity contribution is 5.85. The Hall–Kier alpha value is -2.82. The van der Waals surface area contributed by atoms with Crippen LogP contribution in [0.25, 0.3) is 0 Å². The van der Waals surface area contributed by atoms with Crippen LogP contribution < -0.4 is 10.6 Å². The minimum atomic E-state index is -0.600. The first-order valence-electron chi connectivity index (χ1n) is 8.48. The van der Waals surface area contributed by atoms with Gasteiger partial charge < -0.3 is 15.4 Å². The molecule has 0 fully saturated rings. The lowest BCUT2D eigenvalue weighted by Gasteiger charge is -2.18. The van der Waals surface area contributed by atoms with Crippen LogP contribution in [0, 0.1) is 0 Å². The van der Waals surface area contributed by atoms with Crippen molar-refractivity contribution in [2.24, 2.45) is 0 Å². The Morgan fingerprint density at radius 2 is 1.56 bits per heavy atom. The number of carbonyl (C=O) groups excluding carboxylic acids is 2. The van der Waals surface area contributed by atoms with Crippen molar-refractivity contribution in [3.05, 3.63) is 71.8 Å². The lowest BCUT2D eigenvalue weighted by Crippen LogP contribution is -2.46. The molecule has 5 heteroatoms. The van der Waals surface area contributed by atoms with Crippen LogP contribution >= 0.6 is 0 Å². The monoisotopic (exact) mass is 340 g/mol. The summed E-state index contributed by atoms with van der Waals surface area (Å²) in [4.78, 5) is 24.3. The first kappa shape index (κ1) is 18.5. The van der Waals surface area contributed by atoms with Gasteiger partial charge in [0.25, 0.3) is 0 Å². The number of carbonyl (C=O) groups is 2. The summed E-state index contributed by atoms with van der Waals surface area (Å²) in [7, 11) is 0. The van der Waals surface area contributed by atoms with Crippen molar-refractivity contribution in [3.8, 4) is 0 Å². The number of rotatable bonds is 8. The third-order valence-corrected chi connectivity index (χ3v) is 3.71. The van der Waals surface area contributed by atoms with Crippen LogP contribution in [0.1, 0.15) is 30.9 Å². The Bertz CT molecular complexity index is 659. The molecule has 1 atom stereocenters. The van der Waals surface area contributed by atoms with Crippen LogP contribution in [0.4, 0.5) is 4.79 Å². The maximum Gasteiger partial charge on any atom is 0.408 e. The van der Waals surface area contributed by atoms with Crippen LogP contribution in [0.3, 0.4) is 0 Å². The van der Waals surface area contributed by atoms with E-state index < -0.39 is 12.1 Å². The van der Waals surface area contributed by atoms with E-state index in [4.69, 9.17) is 4.74 Å². The van der Waals surface area contributed by atoms with Gasteiger partial charge in [-0.3, -0.25) is 4.79 Å². The number of ether oxygens (including phenoxy) is 1. The predicted octanol–water partition coefficient (Wildman–Crippen LogP) is 3.40. The number of benzene rings is 2. The summed E-state index contributed by atoms with van der Waals surface area (Å²) < 4.78 is 5.19. The summed E-state index contributed by atoms with van der Waals surface area (Å²) in [6, 6.07) is 18.5. The third-order valence-electron chi connectivity index (χ3n) is 3.71. The van der Waals surface area contributed by atoms with Gasteiger partial charge in [-0.2, -0.15) is 0 Å². The second kappa shape index (κ2) is 10.1. The van der Waals surface area contributed by atoms with Crippen molar-refractivity contribution in [1.29, 1.82) is 0 Å². The van der Waals surface area contributed by atoms with Crippen molar-refractivity contribution < 1.29 is 14.3 Å². The van der Waals surface area contributed by atoms with Crippen molar-refractivity contribution >= 4 is 12.0 Å². The SMILES string of the molecule is CCC[C@@H](NC(=O)OCc1ccccc1)C(=O)NCc1ccccc1. The van der Waals surface area contributed by atoms with E-state index in [1.54, 1.807) is 0 Å². The van der Waals surface area contributed by atoms with E-state index in [0.717, 1.165) is 17.5 Å². The zero-order valence-electron chi connectivity index (χ0n) is 14.4. The number of hydrogen-bond acceptors (Lipinski definition) is 3. The Morgan fingerprint density at radius 1 is 0.960 bits per heavy atom. The summed E-state index contributed by atoms with van der Waals surface area (Å²) >= 11 is 0. The molecule has 0 heterocycles. The molecule has 0 aromatic heterocycles. The summed E-state index contributed by atoms with van der Waals surface area (Å²) in [5, 5.41) is 5.50. The molecular formula is C20H24N2O3. The molecule has 0 unspecified atom stereocenters. The number of nitrogens with one attached hydrogen (secondary N) is 2. The Morgan fingerprint density at radius 3 is 2.16 bits per heavy atom. The van der Waals surface area contributed by atoms with Crippen LogP contribution in [0.5, 0.6) is 0 Å². The molecule has 132 valence electrons. The molecule has 0 radical (unpaired) electrons. The van der Waals surface area contributed by atoms with E-state index in [9.17, 15) is 9.59 Å². The van der Waals surface area contributed by atoms with E-state index in [1.165, 1.54) is 0 Å². The van der Waals surface area contributed by atoms with Gasteiger partial charge in [0.2, 0.25) is 5.91 Å². The molecule has 0 aliphatic heterocycles. The highest BCUT2D eigenvalue weighted by atomic mass is 16.5. The zero-order valence-corrected chi connectivity index (χ0v) is 14.4. The normalized spacial score (nSPS) is 11.4. The maximum absolute atomic E-state index is 12.3. The molecule has 25 heavy (non-hydrogen) atoms. The predicted molar refractivity (Wildman–Crippen MR) is 96.7 cm³/mol. The Balaban J connectivity index is 1.81. The lowest BCUT2D eigenvalue weighted by molar-refractivity contribution is -0.123. The lowest BCUT2D eigenvalue weighted by atomic mass is 10.1. The second-order valence-corrected chi connectivity index (χ2v) is 5.75. The van der Waals surface area contributed by atoms with E-state index >= 15 is 0 Å². The molecule has 0 aliphatic carbocycles. The molecule has 0 aliphatic rings. The second-order valence-electron chi connectivity index (χ2n) is 5.75. The van der Waals surface area contributed by atoms with E-state index in [1.807, 2.05) is 67.6 Å². The van der Waals surface area contributed by atoms with Crippen molar-refractivity contribution in [2.75, 3.05) is 0 Å². The van der Waals surface area contributed by atoms with Gasteiger partial charge in [0.1, 0.15) is 12.6 Å². The fourth-order valence-electron chi connectivity index (χ4n) is 2.37. The third kappa shape index (κ3) is 6.67. The molecule has 2 N–H and O–H groups in total. The van der Waals surface area contributed by atoms with Crippen LogP contribution in [-0.4, -0.2) is 18.0 Å². The molecule has 0 bridgehead atoms. The molecule has 0 saturated heterocycles. The Labute approximate surface area is 148 Å². The molecule has 5 nitrogen and oxygen atoms in total. The van der Waals surface area contributed by atoms with E-state index in [-0.39, 0.29) is 12.5 Å². The van der Waals surface area contributed by atoms with Crippen molar-refractivity contribution in [2.45, 2.75) is 39.0 Å². The van der Waals surface area contributed by atoms with Gasteiger partial charge >= 0.3 is 6.09 Å². The van der Waals surface area contributed by atoms with Gasteiger partial charge in [0.05, 0.1) is 0 Å². The number of amides is 2. The first-order valence-corrected chi connectivity index (χ1v) is 8.48. The zero-order chi connectivity index (χ0) is 17.9. The van der Waals surface area contributed by atoms with Gasteiger partial charge in [0, 0.05) is 6.54 Å². The standard InChI is InChI=1S/C20H24N2O3/c1-2-9-18(19(23)21-14-16-10-5-3-6-11-16)22-20(24)25-15-17-12-7-4-8-13-17/h3-8,10-13,18H,2,9,14-15H2,1H3,(H,21,23)(H,22,24)/t18-/m1/s1. The van der Waals surface area contributed by atoms with Gasteiger partial charge in [-0.25, -0.2) is 4.79 Å². The fourth-order valence-corrected chi connectivity index (χ4v) is 2.37. The Kier molecular flexibility index (Phi) is 7.50. The fraction of sp³-hybridized carbons (Fsp3) is 0.300. The smallest absolute Gasteiger partial charge is 0.408 e. The molecule has 2 rings (SSSR count). The molecule has 2 amide bonds. The van der Waals surface area contributed by atoms with Crippen LogP contribution in [0.15, 0.2) is 60.7 Å². The van der Waals surface area contributed by atoms with Crippen molar-refractivity contribution in [3.63, 3.8) is 0 Å².